The van der Waals surface area contributed by atoms with E-state index in [4.69, 9.17) is 10.6 Å². The Bertz CT molecular complexity index is 569. The molecule has 1 heterocycles. The van der Waals surface area contributed by atoms with E-state index in [1.807, 2.05) is 30.3 Å². The molecule has 100 valence electrons. The first-order chi connectivity index (χ1) is 9.16. The second kappa shape index (κ2) is 6.15. The Labute approximate surface area is 112 Å². The van der Waals surface area contributed by atoms with E-state index in [1.165, 1.54) is 0 Å². The quantitative estimate of drug-likeness (QED) is 0.384. The zero-order valence-corrected chi connectivity index (χ0v) is 10.9. The fourth-order valence-corrected chi connectivity index (χ4v) is 1.73. The molecule has 2 rings (SSSR count). The van der Waals surface area contributed by atoms with Gasteiger partial charge in [-0.05, 0) is 30.7 Å². The third-order valence-electron chi connectivity index (χ3n) is 2.77. The highest BCUT2D eigenvalue weighted by atomic mass is 16.5. The molecule has 5 heteroatoms. The fraction of sp³-hybridized carbons (Fsp3) is 0.286. The number of hydrogen-bond acceptors (Lipinski definition) is 4. The van der Waals surface area contributed by atoms with Crippen molar-refractivity contribution in [2.45, 2.75) is 12.8 Å². The number of carbonyl (C=O) groups is 1. The first kappa shape index (κ1) is 13.3. The van der Waals surface area contributed by atoms with Gasteiger partial charge in [-0.25, -0.2) is 5.84 Å². The summed E-state index contributed by atoms with van der Waals surface area (Å²) in [5.41, 5.74) is 0.940. The van der Waals surface area contributed by atoms with Gasteiger partial charge < -0.3 is 4.74 Å². The lowest BCUT2D eigenvalue weighted by Gasteiger charge is -2.10. The Hall–Kier alpha value is -2.14. The van der Waals surface area contributed by atoms with Crippen molar-refractivity contribution in [2.75, 3.05) is 13.7 Å². The van der Waals surface area contributed by atoms with Crippen LogP contribution in [0.2, 0.25) is 0 Å². The molecule has 0 fully saturated rings. The molecule has 0 spiro atoms. The molecule has 1 amide bonds. The van der Waals surface area contributed by atoms with E-state index >= 15 is 0 Å². The minimum Gasteiger partial charge on any atom is -0.494 e. The van der Waals surface area contributed by atoms with Crippen LogP contribution in [0.1, 0.15) is 12.8 Å². The van der Waals surface area contributed by atoms with Gasteiger partial charge in [0.2, 0.25) is 5.91 Å². The van der Waals surface area contributed by atoms with Crippen LogP contribution in [0.15, 0.2) is 36.5 Å². The number of fused-ring (bicyclic) bond motifs is 1. The highest BCUT2D eigenvalue weighted by molar-refractivity contribution is 5.79. The summed E-state index contributed by atoms with van der Waals surface area (Å²) in [6.07, 6.45) is 2.80. The molecule has 2 aromatic rings. The maximum atomic E-state index is 11.3. The van der Waals surface area contributed by atoms with E-state index in [9.17, 15) is 4.79 Å². The van der Waals surface area contributed by atoms with Crippen LogP contribution < -0.4 is 10.6 Å². The second-order valence-corrected chi connectivity index (χ2v) is 4.31. The number of aromatic nitrogens is 1. The Morgan fingerprint density at radius 2 is 2.26 bits per heavy atom. The van der Waals surface area contributed by atoms with Gasteiger partial charge in [0, 0.05) is 25.1 Å². The van der Waals surface area contributed by atoms with Crippen molar-refractivity contribution >= 4 is 16.8 Å². The van der Waals surface area contributed by atoms with Crippen molar-refractivity contribution in [1.82, 2.24) is 9.99 Å². The first-order valence-corrected chi connectivity index (χ1v) is 6.15. The van der Waals surface area contributed by atoms with Gasteiger partial charge in [0.05, 0.1) is 12.1 Å². The molecule has 1 aromatic carbocycles. The summed E-state index contributed by atoms with van der Waals surface area (Å²) in [7, 11) is 1.54. The zero-order chi connectivity index (χ0) is 13.7. The molecule has 0 unspecified atom stereocenters. The van der Waals surface area contributed by atoms with Crippen LogP contribution in [-0.2, 0) is 4.79 Å². The minimum absolute atomic E-state index is 0.0914. The second-order valence-electron chi connectivity index (χ2n) is 4.31. The van der Waals surface area contributed by atoms with Crippen molar-refractivity contribution in [1.29, 1.82) is 0 Å². The van der Waals surface area contributed by atoms with Gasteiger partial charge in [0.25, 0.3) is 0 Å². The molecule has 0 saturated carbocycles. The van der Waals surface area contributed by atoms with E-state index in [0.29, 0.717) is 19.4 Å². The van der Waals surface area contributed by atoms with Crippen LogP contribution in [0.25, 0.3) is 10.9 Å². The van der Waals surface area contributed by atoms with Gasteiger partial charge in [-0.15, -0.1) is 0 Å². The Kier molecular flexibility index (Phi) is 4.30. The molecule has 1 aromatic heterocycles. The number of hydrazine groups is 1. The van der Waals surface area contributed by atoms with Crippen LogP contribution in [-0.4, -0.2) is 29.6 Å². The van der Waals surface area contributed by atoms with Crippen LogP contribution >= 0.6 is 0 Å². The lowest BCUT2D eigenvalue weighted by molar-refractivity contribution is -0.130. The Morgan fingerprint density at radius 3 is 3.05 bits per heavy atom. The standard InChI is InChI=1S/C14H17N3O2/c1-17(15)14(18)5-3-9-19-12-6-7-13-11(10-12)4-2-8-16-13/h2,4,6-8,10H,3,5,9,15H2,1H3. The average molecular weight is 259 g/mol. The molecule has 0 atom stereocenters. The number of benzene rings is 1. The number of carbonyl (C=O) groups excluding carboxylic acids is 1. The lowest BCUT2D eigenvalue weighted by Crippen LogP contribution is -2.33. The fourth-order valence-electron chi connectivity index (χ4n) is 1.73. The zero-order valence-electron chi connectivity index (χ0n) is 10.9. The molecule has 0 aliphatic heterocycles. The normalized spacial score (nSPS) is 10.4. The first-order valence-electron chi connectivity index (χ1n) is 6.15. The molecular formula is C14H17N3O2. The van der Waals surface area contributed by atoms with Crippen LogP contribution in [0.4, 0.5) is 0 Å². The van der Waals surface area contributed by atoms with E-state index in [-0.39, 0.29) is 5.91 Å². The van der Waals surface area contributed by atoms with Crippen LogP contribution in [0.5, 0.6) is 5.75 Å². The highest BCUT2D eigenvalue weighted by Crippen LogP contribution is 2.19. The molecule has 0 saturated heterocycles. The summed E-state index contributed by atoms with van der Waals surface area (Å²) in [5, 5.41) is 2.14. The van der Waals surface area contributed by atoms with Gasteiger partial charge in [-0.2, -0.15) is 0 Å². The van der Waals surface area contributed by atoms with Crippen molar-refractivity contribution < 1.29 is 9.53 Å². The van der Waals surface area contributed by atoms with Crippen molar-refractivity contribution in [2.24, 2.45) is 5.84 Å². The number of rotatable bonds is 5. The lowest BCUT2D eigenvalue weighted by atomic mass is 10.2. The summed E-state index contributed by atoms with van der Waals surface area (Å²) < 4.78 is 5.60. The summed E-state index contributed by atoms with van der Waals surface area (Å²) in [4.78, 5) is 15.5. The third-order valence-corrected chi connectivity index (χ3v) is 2.77. The molecule has 5 nitrogen and oxygen atoms in total. The molecule has 19 heavy (non-hydrogen) atoms. The van der Waals surface area contributed by atoms with Crippen molar-refractivity contribution in [3.8, 4) is 5.75 Å². The molecular weight excluding hydrogens is 242 g/mol. The minimum atomic E-state index is -0.0914. The van der Waals surface area contributed by atoms with Gasteiger partial charge in [-0.3, -0.25) is 14.8 Å². The maximum Gasteiger partial charge on any atom is 0.236 e. The largest absolute Gasteiger partial charge is 0.494 e. The van der Waals surface area contributed by atoms with Crippen molar-refractivity contribution in [3.63, 3.8) is 0 Å². The van der Waals surface area contributed by atoms with E-state index in [1.54, 1.807) is 13.2 Å². The number of nitrogens with two attached hydrogens (primary N) is 1. The van der Waals surface area contributed by atoms with Crippen LogP contribution in [0, 0.1) is 0 Å². The third kappa shape index (κ3) is 3.66. The van der Waals surface area contributed by atoms with Gasteiger partial charge >= 0.3 is 0 Å². The molecule has 2 N–H and O–H groups in total. The highest BCUT2D eigenvalue weighted by Gasteiger charge is 2.04. The van der Waals surface area contributed by atoms with E-state index in [2.05, 4.69) is 4.98 Å². The van der Waals surface area contributed by atoms with Gasteiger partial charge in [0.15, 0.2) is 0 Å². The number of pyridine rings is 1. The number of ether oxygens (including phenoxy) is 1. The molecule has 0 bridgehead atoms. The number of amides is 1. The number of nitrogens with zero attached hydrogens (tertiary/aromatic N) is 2. The Balaban J connectivity index is 1.86. The van der Waals surface area contributed by atoms with Gasteiger partial charge in [0.1, 0.15) is 5.75 Å². The molecule has 0 aliphatic carbocycles. The van der Waals surface area contributed by atoms with Crippen molar-refractivity contribution in [3.05, 3.63) is 36.5 Å². The van der Waals surface area contributed by atoms with Gasteiger partial charge in [-0.1, -0.05) is 6.07 Å². The summed E-state index contributed by atoms with van der Waals surface area (Å²) in [5.74, 6) is 6.02. The topological polar surface area (TPSA) is 68.5 Å². The predicted molar refractivity (Wildman–Crippen MR) is 73.4 cm³/mol. The average Bonchev–Trinajstić information content (AvgIpc) is 2.43. The summed E-state index contributed by atoms with van der Waals surface area (Å²) >= 11 is 0. The predicted octanol–water partition coefficient (Wildman–Crippen LogP) is 1.73. The summed E-state index contributed by atoms with van der Waals surface area (Å²) in [6.45, 7) is 0.491. The monoisotopic (exact) mass is 259 g/mol. The Morgan fingerprint density at radius 1 is 1.42 bits per heavy atom. The maximum absolute atomic E-state index is 11.3. The number of hydrogen-bond donors (Lipinski definition) is 1. The molecule has 0 radical (unpaired) electrons. The van der Waals surface area contributed by atoms with Crippen LogP contribution in [0.3, 0.4) is 0 Å². The van der Waals surface area contributed by atoms with E-state index < -0.39 is 0 Å². The van der Waals surface area contributed by atoms with E-state index in [0.717, 1.165) is 21.7 Å². The SMILES string of the molecule is CN(N)C(=O)CCCOc1ccc2ncccc2c1. The summed E-state index contributed by atoms with van der Waals surface area (Å²) in [6, 6.07) is 9.62. The molecule has 0 aliphatic rings. The smallest absolute Gasteiger partial charge is 0.236 e.